The summed E-state index contributed by atoms with van der Waals surface area (Å²) in [5, 5.41) is 21.2. The van der Waals surface area contributed by atoms with Crippen molar-refractivity contribution in [3.8, 4) is 5.75 Å². The highest BCUT2D eigenvalue weighted by molar-refractivity contribution is 7.89. The molecule has 4 rings (SSSR count). The molecule has 0 amide bonds. The lowest BCUT2D eigenvalue weighted by atomic mass is 10.0. The van der Waals surface area contributed by atoms with E-state index in [1.807, 2.05) is 56.3 Å². The standard InChI is InChI=1S/C32H44N2O6S/c1-32(2)39-23-27-20-26(14-16-31(27)40-32)30(35)22-34-17-6-3-4-7-18-38-19-8-5-10-24-11-9-12-25-13-15-28(21-29(24)25)41(33,36)37/h9,11-16,20-21,30,34-35H,3-8,10,17-19,22-23H2,1-2H3,(H2,33,36,37)/t30-/m0/s1. The summed E-state index contributed by atoms with van der Waals surface area (Å²) in [5.74, 6) is 0.200. The number of aliphatic hydroxyl groups is 1. The highest BCUT2D eigenvalue weighted by Gasteiger charge is 2.27. The summed E-state index contributed by atoms with van der Waals surface area (Å²) in [6.45, 7) is 7.15. The number of aliphatic hydroxyl groups excluding tert-OH is 1. The number of benzene rings is 3. The summed E-state index contributed by atoms with van der Waals surface area (Å²) in [4.78, 5) is 0.149. The van der Waals surface area contributed by atoms with Crippen molar-refractivity contribution in [3.63, 3.8) is 0 Å². The first-order chi connectivity index (χ1) is 19.6. The Balaban J connectivity index is 1.02. The van der Waals surface area contributed by atoms with Gasteiger partial charge in [0.15, 0.2) is 0 Å². The van der Waals surface area contributed by atoms with Gasteiger partial charge in [-0.2, -0.15) is 0 Å². The molecular weight excluding hydrogens is 540 g/mol. The first-order valence-electron chi connectivity index (χ1n) is 14.6. The minimum atomic E-state index is -3.72. The summed E-state index contributed by atoms with van der Waals surface area (Å²) < 4.78 is 40.8. The summed E-state index contributed by atoms with van der Waals surface area (Å²) in [6.07, 6.45) is 6.57. The second-order valence-corrected chi connectivity index (χ2v) is 12.8. The fourth-order valence-electron chi connectivity index (χ4n) is 5.06. The van der Waals surface area contributed by atoms with Crippen molar-refractivity contribution in [1.82, 2.24) is 5.32 Å². The molecule has 0 unspecified atom stereocenters. The molecular formula is C32H44N2O6S. The quantitative estimate of drug-likeness (QED) is 0.194. The third-order valence-corrected chi connectivity index (χ3v) is 8.30. The molecule has 1 atom stereocenters. The van der Waals surface area contributed by atoms with E-state index in [9.17, 15) is 13.5 Å². The molecule has 224 valence electrons. The van der Waals surface area contributed by atoms with Gasteiger partial charge >= 0.3 is 0 Å². The zero-order valence-electron chi connectivity index (χ0n) is 24.2. The number of aryl methyl sites for hydroxylation is 1. The lowest BCUT2D eigenvalue weighted by Crippen LogP contribution is -2.35. The Morgan fingerprint density at radius 3 is 2.59 bits per heavy atom. The number of unbranched alkanes of at least 4 members (excludes halogenated alkanes) is 4. The molecule has 0 spiro atoms. The molecule has 0 saturated carbocycles. The van der Waals surface area contributed by atoms with Crippen molar-refractivity contribution in [3.05, 3.63) is 71.3 Å². The maximum Gasteiger partial charge on any atom is 0.238 e. The molecule has 0 aromatic heterocycles. The normalized spacial score (nSPS) is 15.4. The average Bonchev–Trinajstić information content (AvgIpc) is 2.94. The highest BCUT2D eigenvalue weighted by atomic mass is 32.2. The topological polar surface area (TPSA) is 120 Å². The summed E-state index contributed by atoms with van der Waals surface area (Å²) in [6, 6.07) is 16.9. The zero-order chi connectivity index (χ0) is 29.3. The van der Waals surface area contributed by atoms with Crippen LogP contribution >= 0.6 is 0 Å². The van der Waals surface area contributed by atoms with Gasteiger partial charge in [0.1, 0.15) is 5.75 Å². The Kier molecular flexibility index (Phi) is 11.2. The van der Waals surface area contributed by atoms with Crippen LogP contribution in [-0.4, -0.2) is 45.6 Å². The molecule has 0 bridgehead atoms. The first-order valence-corrected chi connectivity index (χ1v) is 16.1. The van der Waals surface area contributed by atoms with Crippen LogP contribution in [0.25, 0.3) is 10.8 Å². The minimum Gasteiger partial charge on any atom is -0.463 e. The van der Waals surface area contributed by atoms with Gasteiger partial charge in [0.2, 0.25) is 15.8 Å². The van der Waals surface area contributed by atoms with Gasteiger partial charge in [0.05, 0.1) is 17.6 Å². The molecule has 3 aromatic carbocycles. The highest BCUT2D eigenvalue weighted by Crippen LogP contribution is 2.33. The number of nitrogens with one attached hydrogen (secondary N) is 1. The second kappa shape index (κ2) is 14.6. The maximum atomic E-state index is 11.7. The van der Waals surface area contributed by atoms with Crippen LogP contribution in [0.3, 0.4) is 0 Å². The molecule has 0 saturated heterocycles. The molecule has 41 heavy (non-hydrogen) atoms. The Labute approximate surface area is 244 Å². The van der Waals surface area contributed by atoms with Crippen LogP contribution in [0.15, 0.2) is 59.5 Å². The number of fused-ring (bicyclic) bond motifs is 2. The van der Waals surface area contributed by atoms with Gasteiger partial charge in [-0.25, -0.2) is 13.6 Å². The average molecular weight is 585 g/mol. The molecule has 3 aromatic rings. The molecule has 1 aliphatic rings. The molecule has 1 aliphatic heterocycles. The SMILES string of the molecule is CC1(C)OCc2cc([C@@H](O)CNCCCCCCOCCCCc3cccc4ccc(S(N)(=O)=O)cc34)ccc2O1. The molecule has 0 radical (unpaired) electrons. The Morgan fingerprint density at radius 1 is 1.00 bits per heavy atom. The predicted octanol–water partition coefficient (Wildman–Crippen LogP) is 5.36. The Morgan fingerprint density at radius 2 is 1.78 bits per heavy atom. The van der Waals surface area contributed by atoms with Crippen LogP contribution in [-0.2, 0) is 32.5 Å². The summed E-state index contributed by atoms with van der Waals surface area (Å²) >= 11 is 0. The molecule has 0 aliphatic carbocycles. The van der Waals surface area contributed by atoms with Crippen molar-refractivity contribution in [2.24, 2.45) is 5.14 Å². The van der Waals surface area contributed by atoms with Crippen LogP contribution in [0, 0.1) is 0 Å². The van der Waals surface area contributed by atoms with Gasteiger partial charge < -0.3 is 24.6 Å². The lowest BCUT2D eigenvalue weighted by molar-refractivity contribution is -0.180. The van der Waals surface area contributed by atoms with Gasteiger partial charge in [-0.1, -0.05) is 43.2 Å². The van der Waals surface area contributed by atoms with Crippen molar-refractivity contribution in [2.75, 3.05) is 26.3 Å². The third-order valence-electron chi connectivity index (χ3n) is 7.39. The number of ether oxygens (including phenoxy) is 3. The van der Waals surface area contributed by atoms with Crippen molar-refractivity contribution in [2.45, 2.75) is 82.2 Å². The maximum absolute atomic E-state index is 11.7. The molecule has 0 fully saturated rings. The lowest BCUT2D eigenvalue weighted by Gasteiger charge is -2.33. The second-order valence-electron chi connectivity index (χ2n) is 11.2. The van der Waals surface area contributed by atoms with E-state index in [0.717, 1.165) is 97.9 Å². The number of hydrogen-bond donors (Lipinski definition) is 3. The van der Waals surface area contributed by atoms with Gasteiger partial charge in [-0.05, 0) is 84.8 Å². The van der Waals surface area contributed by atoms with Crippen molar-refractivity contribution in [1.29, 1.82) is 0 Å². The molecule has 9 heteroatoms. The van der Waals surface area contributed by atoms with Crippen LogP contribution in [0.2, 0.25) is 0 Å². The van der Waals surface area contributed by atoms with Crippen molar-refractivity contribution < 1.29 is 27.7 Å². The van der Waals surface area contributed by atoms with E-state index in [0.29, 0.717) is 13.2 Å². The fraction of sp³-hybridized carbons (Fsp3) is 0.500. The van der Waals surface area contributed by atoms with E-state index in [2.05, 4.69) is 5.32 Å². The summed E-state index contributed by atoms with van der Waals surface area (Å²) in [5.41, 5.74) is 2.97. The predicted molar refractivity (Wildman–Crippen MR) is 161 cm³/mol. The van der Waals surface area contributed by atoms with Crippen LogP contribution in [0.1, 0.15) is 75.2 Å². The first kappa shape index (κ1) is 31.4. The number of nitrogens with two attached hydrogens (primary N) is 1. The van der Waals surface area contributed by atoms with Crippen molar-refractivity contribution >= 4 is 20.8 Å². The van der Waals surface area contributed by atoms with Gasteiger partial charge in [-0.15, -0.1) is 0 Å². The van der Waals surface area contributed by atoms with E-state index in [1.54, 1.807) is 12.1 Å². The van der Waals surface area contributed by atoms with E-state index < -0.39 is 21.9 Å². The summed E-state index contributed by atoms with van der Waals surface area (Å²) in [7, 11) is -3.72. The number of hydrogen-bond acceptors (Lipinski definition) is 7. The van der Waals surface area contributed by atoms with Gasteiger partial charge in [0.25, 0.3) is 0 Å². The van der Waals surface area contributed by atoms with E-state index >= 15 is 0 Å². The smallest absolute Gasteiger partial charge is 0.238 e. The number of rotatable bonds is 16. The molecule has 1 heterocycles. The van der Waals surface area contributed by atoms with Crippen LogP contribution < -0.4 is 15.2 Å². The van der Waals surface area contributed by atoms with Crippen LogP contribution in [0.4, 0.5) is 0 Å². The Hall–Kier alpha value is -2.53. The Bertz CT molecular complexity index is 1390. The zero-order valence-corrected chi connectivity index (χ0v) is 25.0. The van der Waals surface area contributed by atoms with E-state index in [4.69, 9.17) is 19.3 Å². The van der Waals surface area contributed by atoms with E-state index in [1.165, 1.54) is 0 Å². The largest absolute Gasteiger partial charge is 0.463 e. The van der Waals surface area contributed by atoms with Crippen LogP contribution in [0.5, 0.6) is 5.75 Å². The molecule has 8 nitrogen and oxygen atoms in total. The number of primary sulfonamides is 1. The number of sulfonamides is 1. The van der Waals surface area contributed by atoms with Gasteiger partial charge in [0, 0.05) is 39.2 Å². The van der Waals surface area contributed by atoms with Gasteiger partial charge in [-0.3, -0.25) is 0 Å². The fourth-order valence-corrected chi connectivity index (χ4v) is 5.60. The van der Waals surface area contributed by atoms with E-state index in [-0.39, 0.29) is 4.90 Å². The monoisotopic (exact) mass is 584 g/mol. The minimum absolute atomic E-state index is 0.149. The third kappa shape index (κ3) is 9.49. The molecule has 4 N–H and O–H groups in total.